The van der Waals surface area contributed by atoms with Crippen LogP contribution in [-0.2, 0) is 16.0 Å². The van der Waals surface area contributed by atoms with Crippen LogP contribution in [0.1, 0.15) is 66.2 Å². The highest BCUT2D eigenvalue weighted by Gasteiger charge is 2.43. The number of fused-ring (bicyclic) bond motifs is 1. The van der Waals surface area contributed by atoms with Crippen LogP contribution in [0.3, 0.4) is 0 Å². The van der Waals surface area contributed by atoms with Crippen LogP contribution in [0.5, 0.6) is 0 Å². The average molecular weight is 605 g/mol. The van der Waals surface area contributed by atoms with Crippen molar-refractivity contribution in [3.05, 3.63) is 70.6 Å². The number of benzene rings is 2. The van der Waals surface area contributed by atoms with E-state index in [0.717, 1.165) is 94.7 Å². The minimum Gasteiger partial charge on any atom is -0.380 e. The lowest BCUT2D eigenvalue weighted by molar-refractivity contribution is -0.128. The van der Waals surface area contributed by atoms with Crippen LogP contribution in [0.25, 0.3) is 10.1 Å². The first-order valence-electron chi connectivity index (χ1n) is 16.1. The van der Waals surface area contributed by atoms with E-state index in [1.54, 1.807) is 0 Å². The molecule has 1 aromatic heterocycles. The molecule has 2 aromatic carbocycles. The molecule has 43 heavy (non-hydrogen) atoms. The SMILES string of the molecule is CCOCCN1CCN(CCC[C@@H](Cc2ccccc2)NC(=O)C2(NC(=O)c3cc4ccc(C)cc4s3)CCCC2)CC1. The number of nitrogens with zero attached hydrogens (tertiary/aromatic N) is 2. The standard InChI is InChI=1S/C35H48N4O3S/c1-3-42-23-22-39-20-18-38(19-21-39)17-9-12-30(25-28-10-5-4-6-11-28)36-34(41)35(15-7-8-16-35)37-33(40)32-26-29-14-13-27(2)24-31(29)43-32/h4-6,10-11,13-14,24,26,30H,3,7-9,12,15-23,25H2,1-2H3,(H,36,41)(H,37,40)/t30-/m0/s1. The Hall–Kier alpha value is -2.78. The summed E-state index contributed by atoms with van der Waals surface area (Å²) in [6.07, 6.45) is 5.97. The van der Waals surface area contributed by atoms with Gasteiger partial charge < -0.3 is 20.3 Å². The Bertz CT molecular complexity index is 1330. The van der Waals surface area contributed by atoms with E-state index in [9.17, 15) is 9.59 Å². The van der Waals surface area contributed by atoms with Crippen LogP contribution in [-0.4, -0.2) is 85.7 Å². The number of amides is 2. The zero-order valence-corrected chi connectivity index (χ0v) is 26.7. The van der Waals surface area contributed by atoms with Gasteiger partial charge in [-0.2, -0.15) is 0 Å². The molecule has 2 fully saturated rings. The fourth-order valence-electron chi connectivity index (χ4n) is 6.50. The van der Waals surface area contributed by atoms with E-state index in [-0.39, 0.29) is 17.9 Å². The van der Waals surface area contributed by atoms with E-state index in [4.69, 9.17) is 4.74 Å². The van der Waals surface area contributed by atoms with Gasteiger partial charge in [-0.05, 0) is 81.1 Å². The zero-order chi connectivity index (χ0) is 30.1. The molecule has 2 aliphatic rings. The zero-order valence-electron chi connectivity index (χ0n) is 25.9. The highest BCUT2D eigenvalue weighted by Crippen LogP contribution is 2.32. The van der Waals surface area contributed by atoms with Crippen molar-refractivity contribution in [2.24, 2.45) is 0 Å². The van der Waals surface area contributed by atoms with Gasteiger partial charge in [0, 0.05) is 50.1 Å². The third kappa shape index (κ3) is 8.66. The number of piperazine rings is 1. The Morgan fingerprint density at radius 1 is 0.977 bits per heavy atom. The maximum Gasteiger partial charge on any atom is 0.262 e. The second-order valence-corrected chi connectivity index (χ2v) is 13.4. The number of carbonyl (C=O) groups is 2. The molecule has 2 amide bonds. The maximum atomic E-state index is 14.0. The molecule has 0 radical (unpaired) electrons. The van der Waals surface area contributed by atoms with Crippen molar-refractivity contribution in [2.75, 3.05) is 52.5 Å². The Labute approximate surface area is 261 Å². The van der Waals surface area contributed by atoms with Crippen molar-refractivity contribution in [3.63, 3.8) is 0 Å². The quantitative estimate of drug-likeness (QED) is 0.241. The molecule has 2 N–H and O–H groups in total. The summed E-state index contributed by atoms with van der Waals surface area (Å²) in [6.45, 7) is 12.1. The summed E-state index contributed by atoms with van der Waals surface area (Å²) >= 11 is 1.50. The number of carbonyl (C=O) groups excluding carboxylic acids is 2. The van der Waals surface area contributed by atoms with Gasteiger partial charge in [-0.25, -0.2) is 0 Å². The molecule has 7 nitrogen and oxygen atoms in total. The monoisotopic (exact) mass is 604 g/mol. The molecule has 3 aromatic rings. The number of rotatable bonds is 14. The van der Waals surface area contributed by atoms with Crippen molar-refractivity contribution < 1.29 is 14.3 Å². The molecule has 2 heterocycles. The summed E-state index contributed by atoms with van der Waals surface area (Å²) in [5.41, 5.74) is 1.55. The highest BCUT2D eigenvalue weighted by molar-refractivity contribution is 7.20. The van der Waals surface area contributed by atoms with Crippen molar-refractivity contribution in [3.8, 4) is 0 Å². The molecule has 5 rings (SSSR count). The Morgan fingerprint density at radius 3 is 2.42 bits per heavy atom. The third-order valence-corrected chi connectivity index (χ3v) is 10.1. The molecule has 1 saturated carbocycles. The third-order valence-electron chi connectivity index (χ3n) is 9.05. The van der Waals surface area contributed by atoms with Gasteiger partial charge in [0.15, 0.2) is 0 Å². The largest absolute Gasteiger partial charge is 0.380 e. The maximum absolute atomic E-state index is 14.0. The highest BCUT2D eigenvalue weighted by atomic mass is 32.1. The fraction of sp³-hybridized carbons (Fsp3) is 0.543. The predicted molar refractivity (Wildman–Crippen MR) is 176 cm³/mol. The minimum atomic E-state index is -0.851. The molecule has 0 spiro atoms. The van der Waals surface area contributed by atoms with Gasteiger partial charge in [-0.15, -0.1) is 11.3 Å². The van der Waals surface area contributed by atoms with E-state index < -0.39 is 5.54 Å². The number of ether oxygens (including phenoxy) is 1. The summed E-state index contributed by atoms with van der Waals surface area (Å²) in [5, 5.41) is 7.71. The normalized spacial score (nSPS) is 18.1. The Balaban J connectivity index is 1.20. The van der Waals surface area contributed by atoms with Crippen LogP contribution < -0.4 is 10.6 Å². The lowest BCUT2D eigenvalue weighted by Gasteiger charge is -2.35. The van der Waals surface area contributed by atoms with Crippen LogP contribution in [0.4, 0.5) is 0 Å². The second kappa shape index (κ2) is 15.3. The van der Waals surface area contributed by atoms with Gasteiger partial charge in [0.1, 0.15) is 5.54 Å². The Kier molecular flexibility index (Phi) is 11.2. The molecular weight excluding hydrogens is 556 g/mol. The number of nitrogens with one attached hydrogen (secondary N) is 2. The second-order valence-electron chi connectivity index (χ2n) is 12.3. The number of hydrogen-bond donors (Lipinski definition) is 2. The van der Waals surface area contributed by atoms with Gasteiger partial charge in [-0.1, -0.05) is 55.3 Å². The number of aryl methyl sites for hydroxylation is 1. The van der Waals surface area contributed by atoms with Crippen molar-refractivity contribution in [1.29, 1.82) is 0 Å². The number of thiophene rings is 1. The average Bonchev–Trinajstić information content (AvgIpc) is 3.66. The first-order valence-corrected chi connectivity index (χ1v) is 17.0. The predicted octanol–water partition coefficient (Wildman–Crippen LogP) is 5.41. The van der Waals surface area contributed by atoms with Gasteiger partial charge >= 0.3 is 0 Å². The molecule has 1 saturated heterocycles. The first kappa shape index (κ1) is 31.6. The summed E-state index contributed by atoms with van der Waals surface area (Å²) in [5.74, 6) is -0.171. The molecular formula is C35H48N4O3S. The van der Waals surface area contributed by atoms with Gasteiger partial charge in [0.2, 0.25) is 5.91 Å². The molecule has 232 valence electrons. The number of hydrogen-bond acceptors (Lipinski definition) is 6. The van der Waals surface area contributed by atoms with Crippen LogP contribution in [0, 0.1) is 6.92 Å². The minimum absolute atomic E-state index is 0.0176. The van der Waals surface area contributed by atoms with E-state index in [1.807, 2.05) is 19.1 Å². The van der Waals surface area contributed by atoms with Gasteiger partial charge in [0.25, 0.3) is 5.91 Å². The summed E-state index contributed by atoms with van der Waals surface area (Å²) in [4.78, 5) is 33.2. The van der Waals surface area contributed by atoms with Crippen LogP contribution >= 0.6 is 11.3 Å². The van der Waals surface area contributed by atoms with Gasteiger partial charge in [0.05, 0.1) is 11.5 Å². The van der Waals surface area contributed by atoms with E-state index in [1.165, 1.54) is 22.5 Å². The van der Waals surface area contributed by atoms with E-state index >= 15 is 0 Å². The Morgan fingerprint density at radius 2 is 1.70 bits per heavy atom. The fourth-order valence-corrected chi connectivity index (χ4v) is 7.56. The molecule has 1 aliphatic carbocycles. The first-order chi connectivity index (χ1) is 20.9. The summed E-state index contributed by atoms with van der Waals surface area (Å²) in [6, 6.07) is 18.6. The van der Waals surface area contributed by atoms with E-state index in [2.05, 4.69) is 69.8 Å². The molecule has 0 bridgehead atoms. The van der Waals surface area contributed by atoms with Crippen LogP contribution in [0.2, 0.25) is 0 Å². The summed E-state index contributed by atoms with van der Waals surface area (Å²) in [7, 11) is 0. The molecule has 1 aliphatic heterocycles. The van der Waals surface area contributed by atoms with Gasteiger partial charge in [-0.3, -0.25) is 14.5 Å². The smallest absolute Gasteiger partial charge is 0.262 e. The summed E-state index contributed by atoms with van der Waals surface area (Å²) < 4.78 is 6.63. The van der Waals surface area contributed by atoms with Crippen molar-refractivity contribution in [1.82, 2.24) is 20.4 Å². The lowest BCUT2D eigenvalue weighted by Crippen LogP contribution is -2.59. The molecule has 1 atom stereocenters. The molecule has 0 unspecified atom stereocenters. The van der Waals surface area contributed by atoms with Crippen molar-refractivity contribution >= 4 is 33.2 Å². The molecule has 8 heteroatoms. The van der Waals surface area contributed by atoms with E-state index in [0.29, 0.717) is 17.7 Å². The lowest BCUT2D eigenvalue weighted by atomic mass is 9.94. The topological polar surface area (TPSA) is 73.9 Å². The van der Waals surface area contributed by atoms with Crippen molar-refractivity contribution in [2.45, 2.75) is 70.4 Å². The van der Waals surface area contributed by atoms with Crippen LogP contribution in [0.15, 0.2) is 54.6 Å².